The summed E-state index contributed by atoms with van der Waals surface area (Å²) in [5, 5.41) is 3.48. The van der Waals surface area contributed by atoms with E-state index in [1.165, 1.54) is 0 Å². The molecule has 0 aliphatic carbocycles. The van der Waals surface area contributed by atoms with Gasteiger partial charge >= 0.3 is 0 Å². The van der Waals surface area contributed by atoms with Crippen molar-refractivity contribution in [2.45, 2.75) is 53.1 Å². The molecule has 0 amide bonds. The van der Waals surface area contributed by atoms with E-state index >= 15 is 0 Å². The van der Waals surface area contributed by atoms with Gasteiger partial charge in [0.1, 0.15) is 12.4 Å². The van der Waals surface area contributed by atoms with Crippen LogP contribution in [0.2, 0.25) is 0 Å². The van der Waals surface area contributed by atoms with Crippen LogP contribution in [0.5, 0.6) is 5.75 Å². The van der Waals surface area contributed by atoms with Crippen LogP contribution in [0.3, 0.4) is 0 Å². The number of rotatable bonds is 11. The third-order valence-electron chi connectivity index (χ3n) is 5.35. The minimum atomic E-state index is 0.207. The minimum Gasteiger partial charge on any atom is -0.487 e. The third kappa shape index (κ3) is 6.68. The molecule has 1 N–H and O–H groups in total. The summed E-state index contributed by atoms with van der Waals surface area (Å²) >= 11 is 0. The summed E-state index contributed by atoms with van der Waals surface area (Å²) in [5.41, 5.74) is 4.77. The van der Waals surface area contributed by atoms with E-state index in [9.17, 15) is 4.79 Å². The first-order valence-electron chi connectivity index (χ1n) is 11.1. The number of ether oxygens (including phenoxy) is 1. The molecule has 1 atom stereocenters. The lowest BCUT2D eigenvalue weighted by atomic mass is 9.96. The van der Waals surface area contributed by atoms with Crippen molar-refractivity contribution in [1.82, 2.24) is 4.98 Å². The number of pyridine rings is 1. The second kappa shape index (κ2) is 11.3. The predicted octanol–water partition coefficient (Wildman–Crippen LogP) is 6.98. The Morgan fingerprint density at radius 3 is 2.68 bits per heavy atom. The van der Waals surface area contributed by atoms with E-state index in [-0.39, 0.29) is 5.78 Å². The molecular weight excluding hydrogens is 384 g/mol. The number of nitrogens with zero attached hydrogens (tertiary/aromatic N) is 1. The van der Waals surface area contributed by atoms with Crippen molar-refractivity contribution in [3.63, 3.8) is 0 Å². The van der Waals surface area contributed by atoms with Crippen molar-refractivity contribution < 1.29 is 9.53 Å². The average molecular weight is 417 g/mol. The van der Waals surface area contributed by atoms with Gasteiger partial charge in [0.2, 0.25) is 0 Å². The molecule has 0 saturated carbocycles. The average Bonchev–Trinajstić information content (AvgIpc) is 2.79. The Hall–Kier alpha value is -3.14. The van der Waals surface area contributed by atoms with Crippen LogP contribution in [-0.2, 0) is 13.0 Å². The van der Waals surface area contributed by atoms with Gasteiger partial charge in [0.05, 0.1) is 5.69 Å². The Labute approximate surface area is 185 Å². The lowest BCUT2D eigenvalue weighted by molar-refractivity contribution is 0.0962. The number of aryl methyl sites for hydroxylation is 1. The predicted molar refractivity (Wildman–Crippen MR) is 127 cm³/mol. The normalized spacial score (nSPS) is 11.7. The second-order valence-corrected chi connectivity index (χ2v) is 8.01. The molecular formula is C27H32N2O2. The maximum Gasteiger partial charge on any atom is 0.163 e. The molecule has 0 aliphatic rings. The molecule has 0 spiro atoms. The fourth-order valence-electron chi connectivity index (χ4n) is 3.67. The summed E-state index contributed by atoms with van der Waals surface area (Å²) in [6.07, 6.45) is 5.43. The highest BCUT2D eigenvalue weighted by Crippen LogP contribution is 2.27. The Morgan fingerprint density at radius 1 is 1.06 bits per heavy atom. The summed E-state index contributed by atoms with van der Waals surface area (Å²) in [6, 6.07) is 19.7. The molecule has 4 heteroatoms. The number of carbonyl (C=O) groups excluding carboxylic acids is 1. The number of hydrogen-bond donors (Lipinski definition) is 1. The summed E-state index contributed by atoms with van der Waals surface area (Å²) in [5.74, 6) is 1.44. The van der Waals surface area contributed by atoms with Gasteiger partial charge in [-0.2, -0.15) is 0 Å². The number of hydrogen-bond acceptors (Lipinski definition) is 4. The van der Waals surface area contributed by atoms with E-state index in [4.69, 9.17) is 4.74 Å². The van der Waals surface area contributed by atoms with Gasteiger partial charge < -0.3 is 10.1 Å². The highest BCUT2D eigenvalue weighted by molar-refractivity contribution is 5.97. The Bertz CT molecular complexity index is 986. The lowest BCUT2D eigenvalue weighted by Crippen LogP contribution is -2.06. The fraction of sp³-hybridized carbons (Fsp3) is 0.333. The van der Waals surface area contributed by atoms with Gasteiger partial charge in [-0.1, -0.05) is 51.8 Å². The van der Waals surface area contributed by atoms with E-state index < -0.39 is 0 Å². The van der Waals surface area contributed by atoms with Gasteiger partial charge in [0.25, 0.3) is 0 Å². The molecule has 1 heterocycles. The molecule has 2 aromatic carbocycles. The molecule has 3 aromatic rings. The number of benzene rings is 2. The van der Waals surface area contributed by atoms with E-state index in [1.54, 1.807) is 6.20 Å². The molecule has 4 nitrogen and oxygen atoms in total. The first-order valence-corrected chi connectivity index (χ1v) is 11.1. The van der Waals surface area contributed by atoms with Gasteiger partial charge in [-0.3, -0.25) is 9.78 Å². The molecule has 3 rings (SSSR count). The molecule has 0 bridgehead atoms. The van der Waals surface area contributed by atoms with Crippen LogP contribution in [0.4, 0.5) is 11.4 Å². The molecule has 0 saturated heterocycles. The van der Waals surface area contributed by atoms with E-state index in [2.05, 4.69) is 37.1 Å². The van der Waals surface area contributed by atoms with Gasteiger partial charge in [0.15, 0.2) is 5.78 Å². The largest absolute Gasteiger partial charge is 0.487 e. The lowest BCUT2D eigenvalue weighted by Gasteiger charge is -2.15. The quantitative estimate of drug-likeness (QED) is 0.343. The summed E-state index contributed by atoms with van der Waals surface area (Å²) in [6.45, 7) is 6.87. The number of carbonyl (C=O) groups is 1. The van der Waals surface area contributed by atoms with Crippen LogP contribution < -0.4 is 10.1 Å². The van der Waals surface area contributed by atoms with Crippen molar-refractivity contribution in [3.8, 4) is 5.75 Å². The zero-order chi connectivity index (χ0) is 22.1. The monoisotopic (exact) mass is 416 g/mol. The highest BCUT2D eigenvalue weighted by atomic mass is 16.5. The minimum absolute atomic E-state index is 0.207. The summed E-state index contributed by atoms with van der Waals surface area (Å²) in [4.78, 5) is 16.9. The van der Waals surface area contributed by atoms with E-state index in [0.29, 0.717) is 18.9 Å². The van der Waals surface area contributed by atoms with Gasteiger partial charge in [0, 0.05) is 29.6 Å². The molecule has 1 aromatic heterocycles. The van der Waals surface area contributed by atoms with Crippen LogP contribution in [0.15, 0.2) is 66.9 Å². The Kier molecular flexibility index (Phi) is 8.22. The van der Waals surface area contributed by atoms with Crippen LogP contribution in [0, 0.1) is 5.92 Å². The standard InChI is InChI=1S/C27H32N2O2/c1-4-9-20(3)16-27(30)22-10-8-12-23(17-22)29-26-14-13-25(18-21(26)5-2)31-19-24-11-6-7-15-28-24/h6-8,10-15,17-18,20,29H,4-5,9,16,19H2,1-3H3. The number of anilines is 2. The first kappa shape index (κ1) is 22.5. The van der Waals surface area contributed by atoms with Crippen molar-refractivity contribution >= 4 is 17.2 Å². The zero-order valence-electron chi connectivity index (χ0n) is 18.7. The van der Waals surface area contributed by atoms with Crippen LogP contribution in [-0.4, -0.2) is 10.8 Å². The van der Waals surface area contributed by atoms with Crippen LogP contribution in [0.1, 0.15) is 61.6 Å². The van der Waals surface area contributed by atoms with Crippen molar-refractivity contribution in [1.29, 1.82) is 0 Å². The molecule has 1 unspecified atom stereocenters. The smallest absolute Gasteiger partial charge is 0.163 e. The number of ketones is 1. The van der Waals surface area contributed by atoms with Crippen molar-refractivity contribution in [2.75, 3.05) is 5.32 Å². The molecule has 162 valence electrons. The molecule has 0 radical (unpaired) electrons. The number of aromatic nitrogens is 1. The van der Waals surface area contributed by atoms with Crippen molar-refractivity contribution in [2.24, 2.45) is 5.92 Å². The SMILES string of the molecule is CCCC(C)CC(=O)c1cccc(Nc2ccc(OCc3ccccn3)cc2CC)c1. The van der Waals surface area contributed by atoms with E-state index in [0.717, 1.165) is 53.2 Å². The Morgan fingerprint density at radius 2 is 1.94 bits per heavy atom. The van der Waals surface area contributed by atoms with Gasteiger partial charge in [-0.05, 0) is 60.4 Å². The van der Waals surface area contributed by atoms with E-state index in [1.807, 2.05) is 54.6 Å². The van der Waals surface area contributed by atoms with Crippen LogP contribution in [0.25, 0.3) is 0 Å². The topological polar surface area (TPSA) is 51.2 Å². The van der Waals surface area contributed by atoms with Gasteiger partial charge in [-0.15, -0.1) is 0 Å². The number of Topliss-reactive ketones (excluding diaryl/α,β-unsaturated/α-hetero) is 1. The maximum atomic E-state index is 12.6. The molecule has 0 fully saturated rings. The van der Waals surface area contributed by atoms with Crippen molar-refractivity contribution in [3.05, 3.63) is 83.7 Å². The summed E-state index contributed by atoms with van der Waals surface area (Å²) < 4.78 is 5.91. The third-order valence-corrected chi connectivity index (χ3v) is 5.35. The zero-order valence-corrected chi connectivity index (χ0v) is 18.7. The summed E-state index contributed by atoms with van der Waals surface area (Å²) in [7, 11) is 0. The van der Waals surface area contributed by atoms with Crippen LogP contribution >= 0.6 is 0 Å². The molecule has 0 aliphatic heterocycles. The first-order chi connectivity index (χ1) is 15.1. The molecule has 31 heavy (non-hydrogen) atoms. The maximum absolute atomic E-state index is 12.6. The van der Waals surface area contributed by atoms with Gasteiger partial charge in [-0.25, -0.2) is 0 Å². The highest BCUT2D eigenvalue weighted by Gasteiger charge is 2.12. The number of nitrogens with one attached hydrogen (secondary N) is 1. The Balaban J connectivity index is 1.68. The fourth-order valence-corrected chi connectivity index (χ4v) is 3.67. The second-order valence-electron chi connectivity index (χ2n) is 8.01.